The Morgan fingerprint density at radius 2 is 1.73 bits per heavy atom. The first-order valence-corrected chi connectivity index (χ1v) is 11.5. The first-order valence-electron chi connectivity index (χ1n) is 9.22. The molecule has 160 valence electrons. The van der Waals surface area contributed by atoms with Gasteiger partial charge in [0.15, 0.2) is 6.61 Å². The van der Waals surface area contributed by atoms with Crippen LogP contribution in [0, 0.1) is 5.92 Å². The number of sulfonamides is 1. The number of carbonyl (C=O) groups is 3. The predicted octanol–water partition coefficient (Wildman–Crippen LogP) is 1.15. The van der Waals surface area contributed by atoms with Gasteiger partial charge in [0, 0.05) is 18.7 Å². The van der Waals surface area contributed by atoms with E-state index in [2.05, 4.69) is 10.9 Å². The lowest BCUT2D eigenvalue weighted by Crippen LogP contribution is -2.44. The highest BCUT2D eigenvalue weighted by Gasteiger charge is 2.33. The van der Waals surface area contributed by atoms with E-state index in [1.165, 1.54) is 4.31 Å². The summed E-state index contributed by atoms with van der Waals surface area (Å²) >= 11 is 1.15. The molecule has 2 amide bonds. The number of carbonyl (C=O) groups excluding carboxylic acids is 3. The first kappa shape index (κ1) is 21.9. The Kier molecular flexibility index (Phi) is 7.19. The third kappa shape index (κ3) is 5.43. The van der Waals surface area contributed by atoms with Gasteiger partial charge in [0.1, 0.15) is 4.21 Å². The number of thiophene rings is 1. The maximum absolute atomic E-state index is 12.5. The predicted molar refractivity (Wildman–Crippen MR) is 109 cm³/mol. The van der Waals surface area contributed by atoms with E-state index in [1.54, 1.807) is 47.8 Å². The summed E-state index contributed by atoms with van der Waals surface area (Å²) in [6.07, 6.45) is 0.631. The molecule has 1 aromatic carbocycles. The van der Waals surface area contributed by atoms with Gasteiger partial charge in [0.05, 0.1) is 5.92 Å². The van der Waals surface area contributed by atoms with Gasteiger partial charge in [-0.25, -0.2) is 8.42 Å². The van der Waals surface area contributed by atoms with Gasteiger partial charge in [-0.3, -0.25) is 25.2 Å². The van der Waals surface area contributed by atoms with Gasteiger partial charge in [-0.05, 0) is 36.4 Å². The minimum atomic E-state index is -3.54. The summed E-state index contributed by atoms with van der Waals surface area (Å²) in [5.74, 6) is -2.21. The molecular weight excluding hydrogens is 430 g/mol. The van der Waals surface area contributed by atoms with Crippen LogP contribution in [0.2, 0.25) is 0 Å². The van der Waals surface area contributed by atoms with Gasteiger partial charge in [-0.2, -0.15) is 4.31 Å². The van der Waals surface area contributed by atoms with E-state index >= 15 is 0 Å². The number of nitrogens with zero attached hydrogens (tertiary/aromatic N) is 1. The quantitative estimate of drug-likeness (QED) is 0.502. The summed E-state index contributed by atoms with van der Waals surface area (Å²) in [4.78, 5) is 35.8. The fourth-order valence-electron chi connectivity index (χ4n) is 2.95. The molecule has 0 spiro atoms. The monoisotopic (exact) mass is 451 g/mol. The summed E-state index contributed by atoms with van der Waals surface area (Å²) in [6.45, 7) is -0.125. The maximum atomic E-state index is 12.5. The van der Waals surface area contributed by atoms with Gasteiger partial charge < -0.3 is 4.74 Å². The summed E-state index contributed by atoms with van der Waals surface area (Å²) in [5, 5.41) is 1.70. The van der Waals surface area contributed by atoms with Crippen molar-refractivity contribution in [1.29, 1.82) is 0 Å². The van der Waals surface area contributed by atoms with Crippen molar-refractivity contribution in [1.82, 2.24) is 15.2 Å². The number of benzene rings is 1. The number of hydrazine groups is 1. The van der Waals surface area contributed by atoms with Crippen LogP contribution < -0.4 is 10.9 Å². The molecule has 0 atom stereocenters. The Morgan fingerprint density at radius 1 is 1.03 bits per heavy atom. The van der Waals surface area contributed by atoms with Gasteiger partial charge >= 0.3 is 5.97 Å². The number of nitrogens with one attached hydrogen (secondary N) is 2. The second-order valence-electron chi connectivity index (χ2n) is 6.59. The average molecular weight is 452 g/mol. The number of rotatable bonds is 6. The lowest BCUT2D eigenvalue weighted by Gasteiger charge is -2.29. The zero-order valence-electron chi connectivity index (χ0n) is 15.9. The number of hydrogen-bond donors (Lipinski definition) is 2. The smallest absolute Gasteiger partial charge is 0.309 e. The lowest BCUT2D eigenvalue weighted by molar-refractivity contribution is -0.153. The fourth-order valence-corrected chi connectivity index (χ4v) is 5.56. The molecule has 30 heavy (non-hydrogen) atoms. The molecule has 9 nitrogen and oxygen atoms in total. The molecule has 0 aliphatic carbocycles. The molecule has 0 radical (unpaired) electrons. The van der Waals surface area contributed by atoms with E-state index in [1.807, 2.05) is 0 Å². The van der Waals surface area contributed by atoms with Crippen LogP contribution in [-0.2, 0) is 24.3 Å². The number of piperidine rings is 1. The number of esters is 1. The lowest BCUT2D eigenvalue weighted by atomic mass is 9.98. The highest BCUT2D eigenvalue weighted by Crippen LogP contribution is 2.26. The molecule has 1 aliphatic rings. The Balaban J connectivity index is 1.39. The van der Waals surface area contributed by atoms with Crippen molar-refractivity contribution >= 4 is 39.1 Å². The molecule has 0 unspecified atom stereocenters. The van der Waals surface area contributed by atoms with Gasteiger partial charge in [-0.1, -0.05) is 24.3 Å². The van der Waals surface area contributed by atoms with Crippen LogP contribution >= 0.6 is 11.3 Å². The normalized spacial score (nSPS) is 15.3. The highest BCUT2D eigenvalue weighted by atomic mass is 32.2. The zero-order valence-corrected chi connectivity index (χ0v) is 17.6. The van der Waals surface area contributed by atoms with E-state index in [4.69, 9.17) is 4.74 Å². The SMILES string of the molecule is O=C(COC(=O)C1CCN(S(=O)(=O)c2cccs2)CC1)NNC(=O)c1ccccc1. The van der Waals surface area contributed by atoms with Crippen LogP contribution in [0.25, 0.3) is 0 Å². The van der Waals surface area contributed by atoms with Crippen molar-refractivity contribution in [3.63, 3.8) is 0 Å². The molecule has 0 saturated carbocycles. The summed E-state index contributed by atoms with van der Waals surface area (Å²) in [6, 6.07) is 11.5. The number of amides is 2. The highest BCUT2D eigenvalue weighted by molar-refractivity contribution is 7.91. The van der Waals surface area contributed by atoms with E-state index in [0.29, 0.717) is 18.4 Å². The van der Waals surface area contributed by atoms with Crippen molar-refractivity contribution in [2.45, 2.75) is 17.1 Å². The van der Waals surface area contributed by atoms with Crippen molar-refractivity contribution < 1.29 is 27.5 Å². The van der Waals surface area contributed by atoms with Crippen molar-refractivity contribution in [2.75, 3.05) is 19.7 Å². The second-order valence-corrected chi connectivity index (χ2v) is 9.70. The van der Waals surface area contributed by atoms with Gasteiger partial charge in [-0.15, -0.1) is 11.3 Å². The Morgan fingerprint density at radius 3 is 2.37 bits per heavy atom. The van der Waals surface area contributed by atoms with E-state index < -0.39 is 40.3 Å². The van der Waals surface area contributed by atoms with Crippen LogP contribution in [0.3, 0.4) is 0 Å². The zero-order chi connectivity index (χ0) is 21.6. The molecular formula is C19H21N3O6S2. The molecule has 11 heteroatoms. The molecule has 1 saturated heterocycles. The van der Waals surface area contributed by atoms with Crippen LogP contribution in [0.5, 0.6) is 0 Å². The minimum Gasteiger partial charge on any atom is -0.455 e. The van der Waals surface area contributed by atoms with Crippen LogP contribution in [0.15, 0.2) is 52.1 Å². The molecule has 2 heterocycles. The molecule has 1 aliphatic heterocycles. The standard InChI is InChI=1S/C19H21N3O6S2/c23-16(20-21-18(24)14-5-2-1-3-6-14)13-28-19(25)15-8-10-22(11-9-15)30(26,27)17-7-4-12-29-17/h1-7,12,15H,8-11,13H2,(H,20,23)(H,21,24). The maximum Gasteiger partial charge on any atom is 0.309 e. The first-order chi connectivity index (χ1) is 14.4. The van der Waals surface area contributed by atoms with E-state index in [9.17, 15) is 22.8 Å². The minimum absolute atomic E-state index is 0.208. The molecule has 3 rings (SSSR count). The second kappa shape index (κ2) is 9.83. The van der Waals surface area contributed by atoms with Crippen molar-refractivity contribution in [3.8, 4) is 0 Å². The van der Waals surface area contributed by atoms with Crippen LogP contribution in [0.4, 0.5) is 0 Å². The van der Waals surface area contributed by atoms with Crippen molar-refractivity contribution in [3.05, 3.63) is 53.4 Å². The summed E-state index contributed by atoms with van der Waals surface area (Å²) in [7, 11) is -3.54. The molecule has 0 bridgehead atoms. The largest absolute Gasteiger partial charge is 0.455 e. The molecule has 1 fully saturated rings. The Bertz CT molecular complexity index is 985. The summed E-state index contributed by atoms with van der Waals surface area (Å²) < 4.78 is 31.6. The van der Waals surface area contributed by atoms with E-state index in [0.717, 1.165) is 11.3 Å². The van der Waals surface area contributed by atoms with Gasteiger partial charge in [0.25, 0.3) is 21.8 Å². The number of hydrogen-bond acceptors (Lipinski definition) is 7. The van der Waals surface area contributed by atoms with Crippen molar-refractivity contribution in [2.24, 2.45) is 5.92 Å². The molecule has 2 N–H and O–H groups in total. The third-order valence-electron chi connectivity index (χ3n) is 4.57. The van der Waals surface area contributed by atoms with Gasteiger partial charge in [0.2, 0.25) is 0 Å². The Hall–Kier alpha value is -2.76. The molecule has 2 aromatic rings. The third-order valence-corrected chi connectivity index (χ3v) is 7.85. The average Bonchev–Trinajstić information content (AvgIpc) is 3.32. The topological polar surface area (TPSA) is 122 Å². The fraction of sp³-hybridized carbons (Fsp3) is 0.316. The van der Waals surface area contributed by atoms with E-state index in [-0.39, 0.29) is 17.3 Å². The number of ether oxygens (including phenoxy) is 1. The summed E-state index contributed by atoms with van der Waals surface area (Å²) in [5.41, 5.74) is 4.79. The van der Waals surface area contributed by atoms with Crippen LogP contribution in [-0.4, -0.2) is 50.2 Å². The van der Waals surface area contributed by atoms with Crippen LogP contribution in [0.1, 0.15) is 23.2 Å². The Labute approximate surface area is 178 Å². The molecule has 1 aromatic heterocycles.